The second-order valence-electron chi connectivity index (χ2n) is 7.17. The van der Waals surface area contributed by atoms with Gasteiger partial charge < -0.3 is 14.8 Å². The molecule has 0 saturated heterocycles. The average Bonchev–Trinajstić information content (AvgIpc) is 3.26. The fourth-order valence-corrected chi connectivity index (χ4v) is 5.88. The quantitative estimate of drug-likeness (QED) is 0.560. The molecule has 0 radical (unpaired) electrons. The van der Waals surface area contributed by atoms with Crippen LogP contribution in [0.25, 0.3) is 0 Å². The highest BCUT2D eigenvalue weighted by Crippen LogP contribution is 2.41. The normalized spacial score (nSPS) is 15.4. The van der Waals surface area contributed by atoms with Gasteiger partial charge in [0, 0.05) is 5.69 Å². The van der Waals surface area contributed by atoms with Gasteiger partial charge in [-0.25, -0.2) is 8.42 Å². The number of benzene rings is 2. The molecule has 0 bridgehead atoms. The van der Waals surface area contributed by atoms with Crippen molar-refractivity contribution in [1.82, 2.24) is 0 Å². The lowest BCUT2D eigenvalue weighted by molar-refractivity contribution is -0.149. The predicted molar refractivity (Wildman–Crippen MR) is 112 cm³/mol. The Morgan fingerprint density at radius 1 is 1.09 bits per heavy atom. The van der Waals surface area contributed by atoms with Gasteiger partial charge in [-0.15, -0.1) is 0 Å². The van der Waals surface area contributed by atoms with Gasteiger partial charge in [0.15, 0.2) is 21.2 Å². The second kappa shape index (κ2) is 9.83. The highest BCUT2D eigenvalue weighted by molar-refractivity contribution is 7.93. The first-order valence-corrected chi connectivity index (χ1v) is 11.5. The summed E-state index contributed by atoms with van der Waals surface area (Å²) in [5, 5.41) is 2.25. The summed E-state index contributed by atoms with van der Waals surface area (Å²) in [5.74, 6) is -1.99. The summed E-state index contributed by atoms with van der Waals surface area (Å²) in [7, 11) is -4.03. The minimum atomic E-state index is -4.03. The van der Waals surface area contributed by atoms with Crippen molar-refractivity contribution in [3.63, 3.8) is 0 Å². The van der Waals surface area contributed by atoms with Crippen LogP contribution >= 0.6 is 11.6 Å². The van der Waals surface area contributed by atoms with Gasteiger partial charge in [-0.2, -0.15) is 8.78 Å². The highest BCUT2D eigenvalue weighted by atomic mass is 35.5. The molecule has 172 valence electrons. The third kappa shape index (κ3) is 5.02. The zero-order valence-electron chi connectivity index (χ0n) is 16.7. The Balaban J connectivity index is 1.67. The zero-order chi connectivity index (χ0) is 23.4. The van der Waals surface area contributed by atoms with E-state index in [1.54, 1.807) is 18.2 Å². The Morgan fingerprint density at radius 3 is 2.34 bits per heavy atom. The van der Waals surface area contributed by atoms with Crippen molar-refractivity contribution >= 4 is 39.0 Å². The third-order valence-electron chi connectivity index (χ3n) is 5.12. The molecule has 1 amide bonds. The summed E-state index contributed by atoms with van der Waals surface area (Å²) in [6.07, 6.45) is 1.29. The van der Waals surface area contributed by atoms with Crippen LogP contribution in [-0.2, 0) is 24.2 Å². The maximum atomic E-state index is 13.2. The SMILES string of the molecule is O=C(COC(=O)C1(S(=O)(=O)c2ccccc2)CCCC1)Nc1ccc(OC(F)F)c(Cl)c1. The molecule has 0 heterocycles. The van der Waals surface area contributed by atoms with E-state index in [0.717, 1.165) is 6.07 Å². The van der Waals surface area contributed by atoms with Gasteiger partial charge in [0.1, 0.15) is 5.75 Å². The molecule has 0 aromatic heterocycles. The molecule has 2 aromatic carbocycles. The maximum absolute atomic E-state index is 13.2. The zero-order valence-corrected chi connectivity index (χ0v) is 18.3. The molecule has 1 fully saturated rings. The number of carbonyl (C=O) groups is 2. The molecule has 0 aliphatic heterocycles. The van der Waals surface area contributed by atoms with Crippen molar-refractivity contribution in [2.75, 3.05) is 11.9 Å². The summed E-state index contributed by atoms with van der Waals surface area (Å²) in [6, 6.07) is 11.3. The first-order valence-electron chi connectivity index (χ1n) is 9.67. The van der Waals surface area contributed by atoms with Crippen LogP contribution in [-0.4, -0.2) is 38.3 Å². The van der Waals surface area contributed by atoms with Crippen molar-refractivity contribution < 1.29 is 36.3 Å². The monoisotopic (exact) mass is 487 g/mol. The van der Waals surface area contributed by atoms with Crippen molar-refractivity contribution in [3.8, 4) is 5.75 Å². The number of alkyl halides is 2. The molecule has 0 atom stereocenters. The molecular weight excluding hydrogens is 468 g/mol. The number of nitrogens with one attached hydrogen (secondary N) is 1. The number of carbonyl (C=O) groups excluding carboxylic acids is 2. The van der Waals surface area contributed by atoms with Gasteiger partial charge in [0.05, 0.1) is 9.92 Å². The Kier molecular flexibility index (Phi) is 7.35. The maximum Gasteiger partial charge on any atom is 0.387 e. The van der Waals surface area contributed by atoms with Crippen molar-refractivity contribution in [3.05, 3.63) is 53.6 Å². The highest BCUT2D eigenvalue weighted by Gasteiger charge is 2.54. The molecule has 0 unspecified atom stereocenters. The van der Waals surface area contributed by atoms with E-state index >= 15 is 0 Å². The first-order chi connectivity index (χ1) is 15.2. The van der Waals surface area contributed by atoms with Crippen LogP contribution in [0.15, 0.2) is 53.4 Å². The van der Waals surface area contributed by atoms with E-state index in [1.807, 2.05) is 0 Å². The van der Waals surface area contributed by atoms with Crippen LogP contribution in [0.5, 0.6) is 5.75 Å². The molecule has 1 saturated carbocycles. The van der Waals surface area contributed by atoms with Crippen molar-refractivity contribution in [2.24, 2.45) is 0 Å². The van der Waals surface area contributed by atoms with Gasteiger partial charge in [-0.05, 0) is 43.2 Å². The van der Waals surface area contributed by atoms with Crippen LogP contribution in [0.2, 0.25) is 5.02 Å². The minimum Gasteiger partial charge on any atom is -0.454 e. The standard InChI is InChI=1S/C21H20ClF2NO6S/c22-16-12-14(8-9-17(16)31-20(23)24)25-18(26)13-30-19(27)21(10-4-5-11-21)32(28,29)15-6-2-1-3-7-15/h1-3,6-9,12,20H,4-5,10-11,13H2,(H,25,26). The van der Waals surface area contributed by atoms with Crippen LogP contribution < -0.4 is 10.1 Å². The van der Waals surface area contributed by atoms with E-state index < -0.39 is 39.7 Å². The topological polar surface area (TPSA) is 98.8 Å². The number of amides is 1. The fraction of sp³-hybridized carbons (Fsp3) is 0.333. The lowest BCUT2D eigenvalue weighted by atomic mass is 10.1. The van der Waals surface area contributed by atoms with E-state index in [-0.39, 0.29) is 34.2 Å². The van der Waals surface area contributed by atoms with Gasteiger partial charge in [0.25, 0.3) is 5.91 Å². The third-order valence-corrected chi connectivity index (χ3v) is 7.91. The summed E-state index contributed by atoms with van der Waals surface area (Å²) < 4.78 is 58.6. The molecule has 3 rings (SSSR count). The van der Waals surface area contributed by atoms with Crippen molar-refractivity contribution in [2.45, 2.75) is 41.9 Å². The van der Waals surface area contributed by atoms with E-state index in [1.165, 1.54) is 24.3 Å². The number of sulfone groups is 1. The van der Waals surface area contributed by atoms with E-state index in [9.17, 15) is 26.8 Å². The van der Waals surface area contributed by atoms with E-state index in [2.05, 4.69) is 10.1 Å². The van der Waals surface area contributed by atoms with Gasteiger partial charge in [-0.3, -0.25) is 9.59 Å². The van der Waals surface area contributed by atoms with Gasteiger partial charge in [0.2, 0.25) is 0 Å². The Labute approximate surface area is 188 Å². The number of hydrogen-bond acceptors (Lipinski definition) is 6. The molecule has 1 N–H and O–H groups in total. The lowest BCUT2D eigenvalue weighted by Crippen LogP contribution is -2.46. The lowest BCUT2D eigenvalue weighted by Gasteiger charge is -2.26. The smallest absolute Gasteiger partial charge is 0.387 e. The fourth-order valence-electron chi connectivity index (χ4n) is 3.58. The average molecular weight is 488 g/mol. The summed E-state index contributed by atoms with van der Waals surface area (Å²) in [6.45, 7) is -3.78. The Bertz CT molecular complexity index is 1090. The summed E-state index contributed by atoms with van der Waals surface area (Å²) in [4.78, 5) is 25.1. The van der Waals surface area contributed by atoms with Crippen LogP contribution in [0, 0.1) is 0 Å². The molecule has 1 aliphatic rings. The molecule has 11 heteroatoms. The molecule has 7 nitrogen and oxygen atoms in total. The van der Waals surface area contributed by atoms with Crippen LogP contribution in [0.4, 0.5) is 14.5 Å². The number of ether oxygens (including phenoxy) is 2. The van der Waals surface area contributed by atoms with Crippen LogP contribution in [0.3, 0.4) is 0 Å². The second-order valence-corrected chi connectivity index (χ2v) is 9.83. The van der Waals surface area contributed by atoms with Gasteiger partial charge in [-0.1, -0.05) is 42.6 Å². The summed E-state index contributed by atoms with van der Waals surface area (Å²) in [5.41, 5.74) is 0.158. The van der Waals surface area contributed by atoms with Crippen LogP contribution in [0.1, 0.15) is 25.7 Å². The number of halogens is 3. The predicted octanol–water partition coefficient (Wildman–Crippen LogP) is 4.21. The number of hydrogen-bond donors (Lipinski definition) is 1. The number of esters is 1. The Morgan fingerprint density at radius 2 is 1.75 bits per heavy atom. The molecule has 1 aliphatic carbocycles. The Hall–Kier alpha value is -2.72. The molecule has 2 aromatic rings. The number of rotatable bonds is 8. The van der Waals surface area contributed by atoms with E-state index in [4.69, 9.17) is 16.3 Å². The minimum absolute atomic E-state index is 0.0176. The summed E-state index contributed by atoms with van der Waals surface area (Å²) >= 11 is 5.84. The van der Waals surface area contributed by atoms with Crippen molar-refractivity contribution in [1.29, 1.82) is 0 Å². The number of anilines is 1. The molecule has 32 heavy (non-hydrogen) atoms. The van der Waals surface area contributed by atoms with E-state index in [0.29, 0.717) is 12.8 Å². The van der Waals surface area contributed by atoms with Gasteiger partial charge >= 0.3 is 12.6 Å². The first kappa shape index (κ1) is 23.9. The largest absolute Gasteiger partial charge is 0.454 e. The molecular formula is C21H20ClF2NO6S. The molecule has 0 spiro atoms.